The molecular formula is C19H22N2O4S. The average Bonchev–Trinajstić information content (AvgIpc) is 2.62. The number of nitrogens with one attached hydrogen (secondary N) is 1. The second-order valence-electron chi connectivity index (χ2n) is 6.22. The van der Waals surface area contributed by atoms with Gasteiger partial charge in [-0.15, -0.1) is 0 Å². The number of ether oxygens (including phenoxy) is 1. The monoisotopic (exact) mass is 374 g/mol. The molecule has 1 aliphatic heterocycles. The minimum Gasteiger partial charge on any atom is -0.482 e. The molecule has 138 valence electrons. The van der Waals surface area contributed by atoms with Gasteiger partial charge in [-0.05, 0) is 37.1 Å². The second-order valence-corrected chi connectivity index (χ2v) is 8.05. The molecule has 0 saturated carbocycles. The molecule has 3 rings (SSSR count). The van der Waals surface area contributed by atoms with Crippen molar-refractivity contribution >= 4 is 27.3 Å². The van der Waals surface area contributed by atoms with E-state index in [4.69, 9.17) is 4.74 Å². The topological polar surface area (TPSA) is 75.7 Å². The lowest BCUT2D eigenvalue weighted by Crippen LogP contribution is -2.33. The van der Waals surface area contributed by atoms with Crippen LogP contribution in [0.25, 0.3) is 0 Å². The quantitative estimate of drug-likeness (QED) is 0.842. The third kappa shape index (κ3) is 3.53. The van der Waals surface area contributed by atoms with E-state index in [0.717, 1.165) is 12.8 Å². The number of rotatable bonds is 6. The molecule has 0 bridgehead atoms. The second kappa shape index (κ2) is 7.37. The Kier molecular flexibility index (Phi) is 5.18. The summed E-state index contributed by atoms with van der Waals surface area (Å²) in [5.74, 6) is 0.124. The van der Waals surface area contributed by atoms with Crippen molar-refractivity contribution in [1.82, 2.24) is 0 Å². The number of unbranched alkanes of at least 4 members (excludes halogenated alkanes) is 1. The highest BCUT2D eigenvalue weighted by atomic mass is 32.2. The summed E-state index contributed by atoms with van der Waals surface area (Å²) in [6.45, 7) is 4.03. The van der Waals surface area contributed by atoms with Crippen molar-refractivity contribution in [3.8, 4) is 5.75 Å². The molecule has 0 unspecified atom stereocenters. The molecular weight excluding hydrogens is 352 g/mol. The number of nitrogens with zero attached hydrogens (tertiary/aromatic N) is 1. The van der Waals surface area contributed by atoms with Crippen LogP contribution >= 0.6 is 0 Å². The largest absolute Gasteiger partial charge is 0.482 e. The van der Waals surface area contributed by atoms with Crippen LogP contribution in [-0.2, 0) is 14.8 Å². The Balaban J connectivity index is 2.06. The SMILES string of the molecule is CCCCN(c1ccccc1)S(=O)(=O)c1cc2c(cc1C)NC(=O)CO2. The van der Waals surface area contributed by atoms with Crippen LogP contribution in [-0.4, -0.2) is 27.5 Å². The highest BCUT2D eigenvalue weighted by Crippen LogP contribution is 2.35. The Morgan fingerprint density at radius 2 is 1.92 bits per heavy atom. The fourth-order valence-corrected chi connectivity index (χ4v) is 4.62. The van der Waals surface area contributed by atoms with E-state index >= 15 is 0 Å². The van der Waals surface area contributed by atoms with Gasteiger partial charge >= 0.3 is 0 Å². The Morgan fingerprint density at radius 1 is 1.19 bits per heavy atom. The zero-order valence-electron chi connectivity index (χ0n) is 14.9. The summed E-state index contributed by atoms with van der Waals surface area (Å²) in [4.78, 5) is 11.7. The number of anilines is 2. The van der Waals surface area contributed by atoms with Crippen LogP contribution in [0.2, 0.25) is 0 Å². The molecule has 2 aromatic rings. The summed E-state index contributed by atoms with van der Waals surface area (Å²) in [7, 11) is -3.76. The molecule has 0 saturated heterocycles. The van der Waals surface area contributed by atoms with Gasteiger partial charge in [0.05, 0.1) is 16.3 Å². The van der Waals surface area contributed by atoms with Crippen molar-refractivity contribution in [3.63, 3.8) is 0 Å². The minimum atomic E-state index is -3.76. The lowest BCUT2D eigenvalue weighted by molar-refractivity contribution is -0.118. The third-order valence-electron chi connectivity index (χ3n) is 4.24. The van der Waals surface area contributed by atoms with Gasteiger partial charge in [0, 0.05) is 12.6 Å². The molecule has 2 aromatic carbocycles. The normalized spacial score (nSPS) is 13.5. The van der Waals surface area contributed by atoms with E-state index in [-0.39, 0.29) is 17.4 Å². The molecule has 1 heterocycles. The molecule has 0 atom stereocenters. The molecule has 0 fully saturated rings. The Hall–Kier alpha value is -2.54. The highest BCUT2D eigenvalue weighted by Gasteiger charge is 2.29. The summed E-state index contributed by atoms with van der Waals surface area (Å²) in [5.41, 5.74) is 1.69. The Labute approximate surface area is 153 Å². The first-order valence-electron chi connectivity index (χ1n) is 8.58. The Bertz CT molecular complexity index is 911. The predicted octanol–water partition coefficient (Wildman–Crippen LogP) is 3.32. The summed E-state index contributed by atoms with van der Waals surface area (Å²) in [6, 6.07) is 12.2. The van der Waals surface area contributed by atoms with Gasteiger partial charge < -0.3 is 10.1 Å². The first kappa shape index (κ1) is 18.3. The van der Waals surface area contributed by atoms with Crippen LogP contribution < -0.4 is 14.4 Å². The Morgan fingerprint density at radius 3 is 2.62 bits per heavy atom. The maximum atomic E-state index is 13.4. The molecule has 0 aromatic heterocycles. The van der Waals surface area contributed by atoms with Crippen molar-refractivity contribution in [3.05, 3.63) is 48.0 Å². The van der Waals surface area contributed by atoms with Gasteiger partial charge in [0.15, 0.2) is 6.61 Å². The maximum absolute atomic E-state index is 13.4. The number of hydrogen-bond acceptors (Lipinski definition) is 4. The van der Waals surface area contributed by atoms with Crippen LogP contribution in [0, 0.1) is 6.92 Å². The number of para-hydroxylation sites is 1. The van der Waals surface area contributed by atoms with E-state index in [2.05, 4.69) is 5.32 Å². The summed E-state index contributed by atoms with van der Waals surface area (Å²) in [5, 5.41) is 2.70. The van der Waals surface area contributed by atoms with Crippen molar-refractivity contribution in [2.24, 2.45) is 0 Å². The van der Waals surface area contributed by atoms with Gasteiger partial charge in [-0.3, -0.25) is 9.10 Å². The van der Waals surface area contributed by atoms with Crippen molar-refractivity contribution < 1.29 is 17.9 Å². The van der Waals surface area contributed by atoms with E-state index in [0.29, 0.717) is 29.2 Å². The molecule has 1 N–H and O–H groups in total. The number of benzene rings is 2. The van der Waals surface area contributed by atoms with Crippen molar-refractivity contribution in [1.29, 1.82) is 0 Å². The third-order valence-corrected chi connectivity index (χ3v) is 6.21. The molecule has 0 spiro atoms. The molecule has 0 aliphatic carbocycles. The number of hydrogen-bond donors (Lipinski definition) is 1. The van der Waals surface area contributed by atoms with Gasteiger partial charge in [-0.1, -0.05) is 31.5 Å². The summed E-state index contributed by atoms with van der Waals surface area (Å²) >= 11 is 0. The van der Waals surface area contributed by atoms with Crippen LogP contribution in [0.5, 0.6) is 5.75 Å². The van der Waals surface area contributed by atoms with Crippen molar-refractivity contribution in [2.45, 2.75) is 31.6 Å². The van der Waals surface area contributed by atoms with Gasteiger partial charge in [-0.25, -0.2) is 8.42 Å². The first-order valence-corrected chi connectivity index (χ1v) is 10.0. The standard InChI is InChI=1S/C19H22N2O4S/c1-3-4-10-21(15-8-6-5-7-9-15)26(23,24)18-12-17-16(11-14(18)2)20-19(22)13-25-17/h5-9,11-12H,3-4,10,13H2,1-2H3,(H,20,22). The number of amides is 1. The van der Waals surface area contributed by atoms with Gasteiger partial charge in [0.2, 0.25) is 0 Å². The number of carbonyl (C=O) groups is 1. The zero-order chi connectivity index (χ0) is 18.7. The van der Waals surface area contributed by atoms with Gasteiger partial charge in [0.1, 0.15) is 5.75 Å². The number of carbonyl (C=O) groups excluding carboxylic acids is 1. The van der Waals surface area contributed by atoms with Gasteiger partial charge in [-0.2, -0.15) is 0 Å². The molecule has 6 nitrogen and oxygen atoms in total. The summed E-state index contributed by atoms with van der Waals surface area (Å²) in [6.07, 6.45) is 1.64. The minimum absolute atomic E-state index is 0.117. The van der Waals surface area contributed by atoms with E-state index in [1.165, 1.54) is 10.4 Å². The lowest BCUT2D eigenvalue weighted by Gasteiger charge is -2.26. The van der Waals surface area contributed by atoms with Crippen LogP contribution in [0.4, 0.5) is 11.4 Å². The smallest absolute Gasteiger partial charge is 0.264 e. The van der Waals surface area contributed by atoms with E-state index in [9.17, 15) is 13.2 Å². The molecule has 7 heteroatoms. The lowest BCUT2D eigenvalue weighted by atomic mass is 10.2. The van der Waals surface area contributed by atoms with E-state index < -0.39 is 10.0 Å². The summed E-state index contributed by atoms with van der Waals surface area (Å²) < 4.78 is 33.6. The van der Waals surface area contributed by atoms with Crippen LogP contribution in [0.3, 0.4) is 0 Å². The predicted molar refractivity (Wildman–Crippen MR) is 101 cm³/mol. The zero-order valence-corrected chi connectivity index (χ0v) is 15.7. The number of aryl methyl sites for hydroxylation is 1. The molecule has 0 radical (unpaired) electrons. The molecule has 1 aliphatic rings. The van der Waals surface area contributed by atoms with E-state index in [1.54, 1.807) is 25.1 Å². The molecule has 1 amide bonds. The van der Waals surface area contributed by atoms with E-state index in [1.807, 2.05) is 25.1 Å². The number of fused-ring (bicyclic) bond motifs is 1. The fourth-order valence-electron chi connectivity index (χ4n) is 2.90. The van der Waals surface area contributed by atoms with Crippen LogP contribution in [0.1, 0.15) is 25.3 Å². The first-order chi connectivity index (χ1) is 12.4. The molecule has 26 heavy (non-hydrogen) atoms. The number of sulfonamides is 1. The van der Waals surface area contributed by atoms with Crippen molar-refractivity contribution in [2.75, 3.05) is 22.8 Å². The average molecular weight is 374 g/mol. The van der Waals surface area contributed by atoms with Crippen LogP contribution in [0.15, 0.2) is 47.4 Å². The highest BCUT2D eigenvalue weighted by molar-refractivity contribution is 7.92. The fraction of sp³-hybridized carbons (Fsp3) is 0.316. The maximum Gasteiger partial charge on any atom is 0.264 e. The van der Waals surface area contributed by atoms with Gasteiger partial charge in [0.25, 0.3) is 15.9 Å².